The van der Waals surface area contributed by atoms with Gasteiger partial charge in [0.25, 0.3) is 0 Å². The van der Waals surface area contributed by atoms with E-state index in [1.165, 1.54) is 0 Å². The first-order valence-electron chi connectivity index (χ1n) is 5.79. The fraction of sp³-hybridized carbons (Fsp3) is 0.385. The minimum absolute atomic E-state index is 0.148. The lowest BCUT2D eigenvalue weighted by molar-refractivity contribution is -0.135. The molecule has 5 heteroatoms. The molecule has 0 spiro atoms. The van der Waals surface area contributed by atoms with Crippen molar-refractivity contribution in [1.82, 2.24) is 0 Å². The molecule has 0 atom stereocenters. The summed E-state index contributed by atoms with van der Waals surface area (Å²) in [6.07, 6.45) is 1.07. The molecule has 1 rings (SSSR count). The molecule has 0 radical (unpaired) electrons. The van der Waals surface area contributed by atoms with Crippen molar-refractivity contribution >= 4 is 11.7 Å². The van der Waals surface area contributed by atoms with Crippen LogP contribution in [-0.4, -0.2) is 28.5 Å². The molecule has 2 N–H and O–H groups in total. The van der Waals surface area contributed by atoms with E-state index in [0.717, 1.165) is 12.0 Å². The molecule has 98 valence electrons. The van der Waals surface area contributed by atoms with Gasteiger partial charge in [0.1, 0.15) is 12.4 Å². The van der Waals surface area contributed by atoms with Gasteiger partial charge in [-0.15, -0.1) is 0 Å². The number of benzene rings is 1. The first kappa shape index (κ1) is 14.0. The summed E-state index contributed by atoms with van der Waals surface area (Å²) in [6.45, 7) is 2.42. The summed E-state index contributed by atoms with van der Waals surface area (Å²) in [5.41, 5.74) is 1.34. The average Bonchev–Trinajstić information content (AvgIpc) is 2.31. The number of nitrogens with zero attached hydrogens (tertiary/aromatic N) is 1. The van der Waals surface area contributed by atoms with Crippen LogP contribution in [0.25, 0.3) is 0 Å². The quantitative estimate of drug-likeness (QED) is 0.442. The molecule has 0 aromatic heterocycles. The maximum atomic E-state index is 10.7. The summed E-state index contributed by atoms with van der Waals surface area (Å²) in [7, 11) is 0. The van der Waals surface area contributed by atoms with Crippen molar-refractivity contribution in [3.05, 3.63) is 29.8 Å². The number of hydrogen-bond acceptors (Lipinski definition) is 4. The molecule has 0 aliphatic rings. The summed E-state index contributed by atoms with van der Waals surface area (Å²) in [5, 5.41) is 21.8. The highest BCUT2D eigenvalue weighted by Crippen LogP contribution is 2.11. The van der Waals surface area contributed by atoms with Crippen molar-refractivity contribution in [2.24, 2.45) is 5.16 Å². The van der Waals surface area contributed by atoms with E-state index < -0.39 is 5.97 Å². The van der Waals surface area contributed by atoms with Crippen LogP contribution >= 0.6 is 0 Å². The Kier molecular flexibility index (Phi) is 5.70. The van der Waals surface area contributed by atoms with Gasteiger partial charge in [-0.2, -0.15) is 0 Å². The van der Waals surface area contributed by atoms with Gasteiger partial charge >= 0.3 is 5.97 Å². The molecule has 0 saturated carbocycles. The largest absolute Gasteiger partial charge is 0.508 e. The van der Waals surface area contributed by atoms with Crippen LogP contribution in [0.5, 0.6) is 5.75 Å². The van der Waals surface area contributed by atoms with E-state index in [0.29, 0.717) is 18.7 Å². The van der Waals surface area contributed by atoms with Gasteiger partial charge in [0, 0.05) is 6.42 Å². The molecule has 0 aliphatic heterocycles. The van der Waals surface area contributed by atoms with Crippen LogP contribution in [0, 0.1) is 0 Å². The summed E-state index contributed by atoms with van der Waals surface area (Å²) in [6, 6.07) is 6.57. The number of rotatable bonds is 7. The van der Waals surface area contributed by atoms with E-state index in [-0.39, 0.29) is 12.2 Å². The Morgan fingerprint density at radius 2 is 2.00 bits per heavy atom. The second-order valence-electron chi connectivity index (χ2n) is 3.90. The molecule has 0 unspecified atom stereocenters. The number of hydrogen-bond donors (Lipinski definition) is 2. The fourth-order valence-corrected chi connectivity index (χ4v) is 1.38. The minimum atomic E-state index is -0.937. The molecule has 0 aliphatic carbocycles. The SMILES string of the molecule is CCCON=C(CC(=O)O)Cc1ccc(O)cc1. The monoisotopic (exact) mass is 251 g/mol. The molecule has 0 saturated heterocycles. The van der Waals surface area contributed by atoms with Crippen LogP contribution in [0.2, 0.25) is 0 Å². The lowest BCUT2D eigenvalue weighted by atomic mass is 10.1. The van der Waals surface area contributed by atoms with Crippen molar-refractivity contribution in [1.29, 1.82) is 0 Å². The standard InChI is InChI=1S/C13H17NO4/c1-2-7-18-14-11(9-13(16)17)8-10-3-5-12(15)6-4-10/h3-6,15H,2,7-9H2,1H3,(H,16,17). The molecular formula is C13H17NO4. The van der Waals surface area contributed by atoms with Gasteiger partial charge in [-0.3, -0.25) is 4.79 Å². The number of carbonyl (C=O) groups is 1. The lowest BCUT2D eigenvalue weighted by Gasteiger charge is -2.05. The van der Waals surface area contributed by atoms with Gasteiger partial charge in [0.15, 0.2) is 0 Å². The van der Waals surface area contributed by atoms with Crippen LogP contribution in [-0.2, 0) is 16.1 Å². The zero-order chi connectivity index (χ0) is 13.4. The molecule has 18 heavy (non-hydrogen) atoms. The Morgan fingerprint density at radius 1 is 1.33 bits per heavy atom. The van der Waals surface area contributed by atoms with Crippen LogP contribution < -0.4 is 0 Å². The van der Waals surface area contributed by atoms with E-state index in [4.69, 9.17) is 15.1 Å². The molecule has 1 aromatic rings. The molecule has 0 fully saturated rings. The third-order valence-corrected chi connectivity index (χ3v) is 2.19. The van der Waals surface area contributed by atoms with Crippen LogP contribution in [0.3, 0.4) is 0 Å². The number of phenols is 1. The number of carboxylic acids is 1. The normalized spacial score (nSPS) is 11.3. The van der Waals surface area contributed by atoms with Crippen LogP contribution in [0.1, 0.15) is 25.3 Å². The third-order valence-electron chi connectivity index (χ3n) is 2.19. The fourth-order valence-electron chi connectivity index (χ4n) is 1.38. The van der Waals surface area contributed by atoms with Crippen LogP contribution in [0.4, 0.5) is 0 Å². The third kappa shape index (κ3) is 5.34. The number of aliphatic carboxylic acids is 1. The Morgan fingerprint density at radius 3 is 2.56 bits per heavy atom. The Labute approximate surface area is 106 Å². The van der Waals surface area contributed by atoms with E-state index in [1.807, 2.05) is 6.92 Å². The van der Waals surface area contributed by atoms with E-state index in [9.17, 15) is 4.79 Å². The molecule has 5 nitrogen and oxygen atoms in total. The van der Waals surface area contributed by atoms with Gasteiger partial charge in [-0.25, -0.2) is 0 Å². The topological polar surface area (TPSA) is 79.1 Å². The minimum Gasteiger partial charge on any atom is -0.508 e. The number of oxime groups is 1. The predicted molar refractivity (Wildman–Crippen MR) is 67.7 cm³/mol. The van der Waals surface area contributed by atoms with E-state index in [2.05, 4.69) is 5.16 Å². The van der Waals surface area contributed by atoms with Gasteiger partial charge in [-0.05, 0) is 24.1 Å². The van der Waals surface area contributed by atoms with Gasteiger partial charge in [0.05, 0.1) is 12.1 Å². The summed E-state index contributed by atoms with van der Waals surface area (Å²) >= 11 is 0. The van der Waals surface area contributed by atoms with E-state index >= 15 is 0 Å². The smallest absolute Gasteiger partial charge is 0.309 e. The van der Waals surface area contributed by atoms with Gasteiger partial charge in [0.2, 0.25) is 0 Å². The molecule has 0 bridgehead atoms. The van der Waals surface area contributed by atoms with Crippen molar-refractivity contribution in [2.45, 2.75) is 26.2 Å². The number of carboxylic acid groups (broad SMARTS) is 1. The first-order chi connectivity index (χ1) is 8.61. The van der Waals surface area contributed by atoms with Crippen LogP contribution in [0.15, 0.2) is 29.4 Å². The highest BCUT2D eigenvalue weighted by molar-refractivity contribution is 5.99. The predicted octanol–water partition coefficient (Wildman–Crippen LogP) is 2.19. The summed E-state index contributed by atoms with van der Waals surface area (Å²) < 4.78 is 0. The van der Waals surface area contributed by atoms with Crippen molar-refractivity contribution in [2.75, 3.05) is 6.61 Å². The maximum Gasteiger partial charge on any atom is 0.309 e. The molecular weight excluding hydrogens is 234 g/mol. The Balaban J connectivity index is 2.68. The molecule has 0 heterocycles. The lowest BCUT2D eigenvalue weighted by Crippen LogP contribution is -2.11. The number of aromatic hydroxyl groups is 1. The average molecular weight is 251 g/mol. The zero-order valence-corrected chi connectivity index (χ0v) is 10.3. The highest BCUT2D eigenvalue weighted by atomic mass is 16.6. The van der Waals surface area contributed by atoms with Crippen molar-refractivity contribution in [3.63, 3.8) is 0 Å². The summed E-state index contributed by atoms with van der Waals surface area (Å²) in [4.78, 5) is 15.7. The zero-order valence-electron chi connectivity index (χ0n) is 10.3. The highest BCUT2D eigenvalue weighted by Gasteiger charge is 2.08. The Hall–Kier alpha value is -2.04. The number of phenolic OH excluding ortho intramolecular Hbond substituents is 1. The summed E-state index contributed by atoms with van der Waals surface area (Å²) in [5.74, 6) is -0.759. The molecule has 1 aromatic carbocycles. The Bertz CT molecular complexity index is 412. The van der Waals surface area contributed by atoms with Crippen molar-refractivity contribution < 1.29 is 19.8 Å². The second-order valence-corrected chi connectivity index (χ2v) is 3.90. The van der Waals surface area contributed by atoms with Gasteiger partial charge in [-0.1, -0.05) is 24.2 Å². The van der Waals surface area contributed by atoms with Crippen molar-refractivity contribution in [3.8, 4) is 5.75 Å². The first-order valence-corrected chi connectivity index (χ1v) is 5.79. The van der Waals surface area contributed by atoms with Gasteiger partial charge < -0.3 is 15.1 Å². The second kappa shape index (κ2) is 7.32. The van der Waals surface area contributed by atoms with E-state index in [1.54, 1.807) is 24.3 Å². The maximum absolute atomic E-state index is 10.7. The molecule has 0 amide bonds.